The fourth-order valence-electron chi connectivity index (χ4n) is 2.15. The molecule has 1 atom stereocenters. The van der Waals surface area contributed by atoms with Crippen molar-refractivity contribution in [3.8, 4) is 0 Å². The van der Waals surface area contributed by atoms with Crippen LogP contribution in [0.5, 0.6) is 0 Å². The topological polar surface area (TPSA) is 25.2 Å². The van der Waals surface area contributed by atoms with Crippen LogP contribution in [0, 0.1) is 6.92 Å². The molecule has 0 aliphatic rings. The van der Waals surface area contributed by atoms with Gasteiger partial charge in [0.05, 0.1) is 6.26 Å². The lowest BCUT2D eigenvalue weighted by Gasteiger charge is -2.17. The van der Waals surface area contributed by atoms with Gasteiger partial charge in [0.15, 0.2) is 0 Å². The van der Waals surface area contributed by atoms with Crippen molar-refractivity contribution in [3.05, 3.63) is 58.5 Å². The van der Waals surface area contributed by atoms with Crippen LogP contribution in [0.4, 0.5) is 0 Å². The number of rotatable bonds is 5. The monoisotopic (exact) mass is 263 g/mol. The normalized spacial score (nSPS) is 12.6. The molecule has 2 nitrogen and oxygen atoms in total. The molecular formula is C15H18ClNO. The molecular weight excluding hydrogens is 246 g/mol. The maximum atomic E-state index is 5.90. The van der Waals surface area contributed by atoms with Crippen molar-refractivity contribution in [3.63, 3.8) is 0 Å². The molecule has 0 saturated carbocycles. The molecule has 0 spiro atoms. The van der Waals surface area contributed by atoms with Crippen molar-refractivity contribution in [1.82, 2.24) is 5.32 Å². The van der Waals surface area contributed by atoms with E-state index in [0.29, 0.717) is 0 Å². The van der Waals surface area contributed by atoms with Crippen LogP contribution in [0.1, 0.15) is 29.9 Å². The van der Waals surface area contributed by atoms with Gasteiger partial charge in [-0.3, -0.25) is 0 Å². The van der Waals surface area contributed by atoms with Gasteiger partial charge in [0.2, 0.25) is 0 Å². The lowest BCUT2D eigenvalue weighted by Crippen LogP contribution is -2.23. The Balaban J connectivity index is 2.16. The molecule has 0 aliphatic carbocycles. The second-order valence-corrected chi connectivity index (χ2v) is 4.81. The molecule has 2 aromatic rings. The molecule has 18 heavy (non-hydrogen) atoms. The third-order valence-electron chi connectivity index (χ3n) is 3.08. The van der Waals surface area contributed by atoms with Crippen LogP contribution in [0.3, 0.4) is 0 Å². The molecule has 0 fully saturated rings. The summed E-state index contributed by atoms with van der Waals surface area (Å²) < 4.78 is 5.39. The first-order chi connectivity index (χ1) is 8.70. The molecule has 1 N–H and O–H groups in total. The number of hydrogen-bond acceptors (Lipinski definition) is 2. The van der Waals surface area contributed by atoms with Gasteiger partial charge in [-0.05, 0) is 43.7 Å². The summed E-state index contributed by atoms with van der Waals surface area (Å²) in [5, 5.41) is 4.27. The van der Waals surface area contributed by atoms with E-state index in [1.54, 1.807) is 6.26 Å². The Bertz CT molecular complexity index is 489. The van der Waals surface area contributed by atoms with Crippen LogP contribution in [0.25, 0.3) is 0 Å². The molecule has 1 heterocycles. The Labute approximate surface area is 113 Å². The van der Waals surface area contributed by atoms with Gasteiger partial charge < -0.3 is 9.73 Å². The fourth-order valence-corrected chi connectivity index (χ4v) is 2.28. The average Bonchev–Trinajstić information content (AvgIpc) is 2.78. The minimum Gasteiger partial charge on any atom is -0.469 e. The smallest absolute Gasteiger partial charge is 0.105 e. The third-order valence-corrected chi connectivity index (χ3v) is 3.33. The van der Waals surface area contributed by atoms with Gasteiger partial charge in [-0.15, -0.1) is 0 Å². The van der Waals surface area contributed by atoms with E-state index in [0.717, 1.165) is 23.7 Å². The number of furan rings is 1. The Morgan fingerprint density at radius 1 is 1.22 bits per heavy atom. The lowest BCUT2D eigenvalue weighted by atomic mass is 9.99. The standard InChI is InChI=1S/C15H18ClNO/c1-3-17-15(14-8-9-18-11(14)2)10-12-4-6-13(16)7-5-12/h4-9,15,17H,3,10H2,1-2H3. The zero-order valence-corrected chi connectivity index (χ0v) is 11.5. The van der Waals surface area contributed by atoms with Crippen molar-refractivity contribution in [2.24, 2.45) is 0 Å². The minimum atomic E-state index is 0.287. The van der Waals surface area contributed by atoms with Crippen molar-refractivity contribution in [2.45, 2.75) is 26.3 Å². The highest BCUT2D eigenvalue weighted by atomic mass is 35.5. The van der Waals surface area contributed by atoms with E-state index >= 15 is 0 Å². The van der Waals surface area contributed by atoms with Gasteiger partial charge in [0, 0.05) is 16.6 Å². The summed E-state index contributed by atoms with van der Waals surface area (Å²) >= 11 is 5.90. The second-order valence-electron chi connectivity index (χ2n) is 4.37. The Hall–Kier alpha value is -1.25. The largest absolute Gasteiger partial charge is 0.469 e. The first-order valence-corrected chi connectivity index (χ1v) is 6.60. The molecule has 0 amide bonds. The van der Waals surface area contributed by atoms with Crippen molar-refractivity contribution < 1.29 is 4.42 Å². The minimum absolute atomic E-state index is 0.287. The van der Waals surface area contributed by atoms with Crippen LogP contribution < -0.4 is 5.32 Å². The van der Waals surface area contributed by atoms with Crippen molar-refractivity contribution in [1.29, 1.82) is 0 Å². The average molecular weight is 264 g/mol. The van der Waals surface area contributed by atoms with Gasteiger partial charge in [-0.2, -0.15) is 0 Å². The molecule has 0 aliphatic heterocycles. The first-order valence-electron chi connectivity index (χ1n) is 6.22. The van der Waals surface area contributed by atoms with E-state index in [4.69, 9.17) is 16.0 Å². The quantitative estimate of drug-likeness (QED) is 0.877. The Morgan fingerprint density at radius 3 is 2.50 bits per heavy atom. The number of nitrogens with one attached hydrogen (secondary N) is 1. The van der Waals surface area contributed by atoms with Gasteiger partial charge in [-0.1, -0.05) is 30.7 Å². The highest BCUT2D eigenvalue weighted by Crippen LogP contribution is 2.23. The van der Waals surface area contributed by atoms with Crippen molar-refractivity contribution in [2.75, 3.05) is 6.54 Å². The SMILES string of the molecule is CCNC(Cc1ccc(Cl)cc1)c1ccoc1C. The zero-order valence-electron chi connectivity index (χ0n) is 10.7. The van der Waals surface area contributed by atoms with Crippen LogP contribution in [-0.4, -0.2) is 6.54 Å². The Morgan fingerprint density at radius 2 is 1.94 bits per heavy atom. The molecule has 0 radical (unpaired) electrons. The summed E-state index contributed by atoms with van der Waals surface area (Å²) in [4.78, 5) is 0. The molecule has 0 bridgehead atoms. The summed E-state index contributed by atoms with van der Waals surface area (Å²) in [6.07, 6.45) is 2.68. The molecule has 1 aromatic heterocycles. The van der Waals surface area contributed by atoms with Crippen molar-refractivity contribution >= 4 is 11.6 Å². The second kappa shape index (κ2) is 6.07. The zero-order chi connectivity index (χ0) is 13.0. The van der Waals surface area contributed by atoms with E-state index < -0.39 is 0 Å². The van der Waals surface area contributed by atoms with Gasteiger partial charge in [-0.25, -0.2) is 0 Å². The molecule has 3 heteroatoms. The van der Waals surface area contributed by atoms with E-state index in [-0.39, 0.29) is 6.04 Å². The van der Waals surface area contributed by atoms with Crippen LogP contribution in [0.2, 0.25) is 5.02 Å². The maximum absolute atomic E-state index is 5.90. The lowest BCUT2D eigenvalue weighted by molar-refractivity contribution is 0.501. The van der Waals surface area contributed by atoms with E-state index in [2.05, 4.69) is 24.4 Å². The van der Waals surface area contributed by atoms with Crippen LogP contribution >= 0.6 is 11.6 Å². The molecule has 0 saturated heterocycles. The number of hydrogen-bond donors (Lipinski definition) is 1. The fraction of sp³-hybridized carbons (Fsp3) is 0.333. The van der Waals surface area contributed by atoms with Gasteiger partial charge in [0.1, 0.15) is 5.76 Å². The summed E-state index contributed by atoms with van der Waals surface area (Å²) in [7, 11) is 0. The summed E-state index contributed by atoms with van der Waals surface area (Å²) in [6, 6.07) is 10.3. The summed E-state index contributed by atoms with van der Waals surface area (Å²) in [6.45, 7) is 5.05. The number of halogens is 1. The van der Waals surface area contributed by atoms with E-state index in [1.165, 1.54) is 11.1 Å². The molecule has 1 unspecified atom stereocenters. The highest BCUT2D eigenvalue weighted by molar-refractivity contribution is 6.30. The van der Waals surface area contributed by atoms with E-state index in [9.17, 15) is 0 Å². The molecule has 96 valence electrons. The predicted molar refractivity (Wildman–Crippen MR) is 75.0 cm³/mol. The number of aryl methyl sites for hydroxylation is 1. The molecule has 1 aromatic carbocycles. The molecule has 2 rings (SSSR count). The first kappa shape index (κ1) is 13.2. The maximum Gasteiger partial charge on any atom is 0.105 e. The van der Waals surface area contributed by atoms with Gasteiger partial charge in [0.25, 0.3) is 0 Å². The van der Waals surface area contributed by atoms with Crippen LogP contribution in [0.15, 0.2) is 41.0 Å². The van der Waals surface area contributed by atoms with Gasteiger partial charge >= 0.3 is 0 Å². The summed E-state index contributed by atoms with van der Waals surface area (Å²) in [5.41, 5.74) is 2.50. The number of benzene rings is 1. The number of likely N-dealkylation sites (N-methyl/N-ethyl adjacent to an activating group) is 1. The summed E-state index contributed by atoms with van der Waals surface area (Å²) in [5.74, 6) is 0.981. The highest BCUT2D eigenvalue weighted by Gasteiger charge is 2.15. The third kappa shape index (κ3) is 3.15. The van der Waals surface area contributed by atoms with Crippen LogP contribution in [-0.2, 0) is 6.42 Å². The predicted octanol–water partition coefficient (Wildman–Crippen LogP) is 4.13. The van der Waals surface area contributed by atoms with E-state index in [1.807, 2.05) is 25.1 Å². The Kier molecular flexibility index (Phi) is 4.45.